The fraction of sp³-hybridized carbons (Fsp3) is 0.727. The van der Waals surface area contributed by atoms with Gasteiger partial charge >= 0.3 is 11.9 Å². The molecule has 29 heavy (non-hydrogen) atoms. The first-order valence-electron chi connectivity index (χ1n) is 10.3. The number of esters is 1. The van der Waals surface area contributed by atoms with Crippen LogP contribution in [0, 0.1) is 17.8 Å². The number of hydrogen-bond donors (Lipinski definition) is 1. The van der Waals surface area contributed by atoms with E-state index < -0.39 is 30.4 Å². The molecule has 164 valence electrons. The number of aliphatic hydroxyl groups excluding tert-OH is 1. The molecule has 5 nitrogen and oxygen atoms in total. The summed E-state index contributed by atoms with van der Waals surface area (Å²) < 4.78 is 32.4. The molecule has 0 spiro atoms. The number of halogens is 2. The molecule has 0 aliphatic carbocycles. The fourth-order valence-corrected chi connectivity index (χ4v) is 3.18. The molecule has 1 aliphatic heterocycles. The van der Waals surface area contributed by atoms with Gasteiger partial charge in [0.25, 0.3) is 5.91 Å². The van der Waals surface area contributed by atoms with Gasteiger partial charge in [-0.1, -0.05) is 38.8 Å². The molecular weight excluding hydrogens is 380 g/mol. The van der Waals surface area contributed by atoms with Crippen molar-refractivity contribution in [3.63, 3.8) is 0 Å². The minimum Gasteiger partial charge on any atom is -0.469 e. The van der Waals surface area contributed by atoms with Gasteiger partial charge in [-0.2, -0.15) is 8.78 Å². The summed E-state index contributed by atoms with van der Waals surface area (Å²) in [5.41, 5.74) is 0. The lowest BCUT2D eigenvalue weighted by molar-refractivity contribution is -0.148. The molecule has 3 atom stereocenters. The average Bonchev–Trinajstić information content (AvgIpc) is 2.91. The van der Waals surface area contributed by atoms with Crippen LogP contribution in [0.1, 0.15) is 65.2 Å². The number of unbranched alkanes of at least 4 members (excludes halogenated alkanes) is 3. The monoisotopic (exact) mass is 413 g/mol. The zero-order chi connectivity index (χ0) is 21.9. The van der Waals surface area contributed by atoms with Gasteiger partial charge in [0.1, 0.15) is 0 Å². The predicted octanol–water partition coefficient (Wildman–Crippen LogP) is 3.70. The van der Waals surface area contributed by atoms with Crippen molar-refractivity contribution in [2.45, 2.75) is 83.3 Å². The molecule has 0 bridgehead atoms. The summed E-state index contributed by atoms with van der Waals surface area (Å²) in [7, 11) is 1.34. The zero-order valence-corrected chi connectivity index (χ0v) is 17.6. The van der Waals surface area contributed by atoms with Crippen LogP contribution in [-0.2, 0) is 14.3 Å². The third-order valence-corrected chi connectivity index (χ3v) is 5.04. The minimum atomic E-state index is -3.37. The van der Waals surface area contributed by atoms with E-state index in [0.29, 0.717) is 25.7 Å². The third-order valence-electron chi connectivity index (χ3n) is 5.04. The van der Waals surface area contributed by atoms with Crippen molar-refractivity contribution in [1.82, 2.24) is 4.90 Å². The van der Waals surface area contributed by atoms with Crippen molar-refractivity contribution in [3.8, 4) is 11.8 Å². The van der Waals surface area contributed by atoms with Crippen LogP contribution >= 0.6 is 0 Å². The molecule has 0 radical (unpaired) electrons. The number of nitrogens with zero attached hydrogens (tertiary/aromatic N) is 1. The lowest BCUT2D eigenvalue weighted by Gasteiger charge is -2.22. The Labute approximate surface area is 172 Å². The number of ether oxygens (including phenoxy) is 1. The Morgan fingerprint density at radius 1 is 1.34 bits per heavy atom. The number of carbonyl (C=O) groups is 2. The SMILES string of the molecule is CCC#CC[C@@H](C)[C@H](O)C=C[C@H]1CC(F)(F)C(=O)N1CCCCCCC(=O)OC. The van der Waals surface area contributed by atoms with E-state index in [2.05, 4.69) is 16.6 Å². The molecular formula is C22H33F2NO4. The molecule has 1 fully saturated rings. The molecule has 1 rings (SSSR count). The van der Waals surface area contributed by atoms with Gasteiger partial charge < -0.3 is 14.7 Å². The van der Waals surface area contributed by atoms with Crippen molar-refractivity contribution in [2.24, 2.45) is 5.92 Å². The highest BCUT2D eigenvalue weighted by Gasteiger charge is 2.52. The Morgan fingerprint density at radius 3 is 2.69 bits per heavy atom. The highest BCUT2D eigenvalue weighted by molar-refractivity contribution is 5.86. The van der Waals surface area contributed by atoms with E-state index in [1.165, 1.54) is 24.2 Å². The van der Waals surface area contributed by atoms with Gasteiger partial charge in [-0.25, -0.2) is 0 Å². The Bertz CT molecular complexity index is 624. The number of aliphatic hydroxyl groups is 1. The third kappa shape index (κ3) is 8.53. The number of rotatable bonds is 11. The van der Waals surface area contributed by atoms with Gasteiger partial charge in [-0.05, 0) is 18.8 Å². The van der Waals surface area contributed by atoms with E-state index in [-0.39, 0.29) is 18.4 Å². The second-order valence-corrected chi connectivity index (χ2v) is 7.48. The normalized spacial score (nSPS) is 20.4. The molecule has 0 aromatic heterocycles. The van der Waals surface area contributed by atoms with Gasteiger partial charge in [-0.3, -0.25) is 9.59 Å². The molecule has 1 aliphatic rings. The second kappa shape index (κ2) is 12.6. The number of methoxy groups -OCH3 is 1. The van der Waals surface area contributed by atoms with E-state index >= 15 is 0 Å². The first-order chi connectivity index (χ1) is 13.7. The first kappa shape index (κ1) is 25.1. The summed E-state index contributed by atoms with van der Waals surface area (Å²) in [6.07, 6.45) is 6.01. The van der Waals surface area contributed by atoms with Crippen LogP contribution in [0.2, 0.25) is 0 Å². The summed E-state index contributed by atoms with van der Waals surface area (Å²) in [6, 6.07) is -0.726. The Balaban J connectivity index is 2.56. The molecule has 0 unspecified atom stereocenters. The van der Waals surface area contributed by atoms with Crippen molar-refractivity contribution in [2.75, 3.05) is 13.7 Å². The van der Waals surface area contributed by atoms with Gasteiger partial charge in [0.2, 0.25) is 0 Å². The average molecular weight is 414 g/mol. The number of hydrogen-bond acceptors (Lipinski definition) is 4. The van der Waals surface area contributed by atoms with Gasteiger partial charge in [0.15, 0.2) is 0 Å². The maximum atomic E-state index is 13.9. The van der Waals surface area contributed by atoms with E-state index in [4.69, 9.17) is 0 Å². The summed E-state index contributed by atoms with van der Waals surface area (Å²) in [6.45, 7) is 4.02. The lowest BCUT2D eigenvalue weighted by Crippen LogP contribution is -2.36. The van der Waals surface area contributed by atoms with E-state index in [1.807, 2.05) is 13.8 Å². The highest BCUT2D eigenvalue weighted by atomic mass is 19.3. The van der Waals surface area contributed by atoms with Crippen molar-refractivity contribution in [3.05, 3.63) is 12.2 Å². The number of likely N-dealkylation sites (tertiary alicyclic amines) is 1. The van der Waals surface area contributed by atoms with Crippen LogP contribution in [0.25, 0.3) is 0 Å². The summed E-state index contributed by atoms with van der Waals surface area (Å²) >= 11 is 0. The minimum absolute atomic E-state index is 0.119. The topological polar surface area (TPSA) is 66.8 Å². The summed E-state index contributed by atoms with van der Waals surface area (Å²) in [5, 5.41) is 10.2. The quantitative estimate of drug-likeness (QED) is 0.243. The molecule has 7 heteroatoms. The summed E-state index contributed by atoms with van der Waals surface area (Å²) in [5.74, 6) is 0.998. The largest absolute Gasteiger partial charge is 0.469 e. The standard InChI is InChI=1S/C22H33F2NO4/c1-4-5-8-11-17(2)19(26)14-13-18-16-22(23,24)21(28)25(18)15-10-7-6-9-12-20(27)29-3/h13-14,17-19,26H,4,6-7,9-12,15-16H2,1-3H3/t17-,18+,19-/m1/s1. The Hall–Kier alpha value is -1.94. The lowest BCUT2D eigenvalue weighted by atomic mass is 9.99. The van der Waals surface area contributed by atoms with Crippen LogP contribution in [0.15, 0.2) is 12.2 Å². The van der Waals surface area contributed by atoms with Crippen LogP contribution in [0.5, 0.6) is 0 Å². The van der Waals surface area contributed by atoms with Crippen LogP contribution in [-0.4, -0.2) is 53.6 Å². The Morgan fingerprint density at radius 2 is 2.03 bits per heavy atom. The van der Waals surface area contributed by atoms with Crippen LogP contribution in [0.4, 0.5) is 8.78 Å². The molecule has 1 saturated heterocycles. The predicted molar refractivity (Wildman–Crippen MR) is 107 cm³/mol. The van der Waals surface area contributed by atoms with Crippen molar-refractivity contribution in [1.29, 1.82) is 0 Å². The molecule has 0 aromatic carbocycles. The highest BCUT2D eigenvalue weighted by Crippen LogP contribution is 2.34. The molecule has 1 amide bonds. The molecule has 0 aromatic rings. The number of alkyl halides is 2. The maximum absolute atomic E-state index is 13.9. The molecule has 1 heterocycles. The van der Waals surface area contributed by atoms with Crippen molar-refractivity contribution >= 4 is 11.9 Å². The molecule has 0 saturated carbocycles. The molecule has 1 N–H and O–H groups in total. The summed E-state index contributed by atoms with van der Waals surface area (Å²) in [4.78, 5) is 24.3. The number of carbonyl (C=O) groups excluding carboxylic acids is 2. The van der Waals surface area contributed by atoms with Gasteiger partial charge in [0, 0.05) is 32.2 Å². The van der Waals surface area contributed by atoms with Crippen LogP contribution < -0.4 is 0 Å². The van der Waals surface area contributed by atoms with Crippen molar-refractivity contribution < 1.29 is 28.2 Å². The smallest absolute Gasteiger partial charge is 0.327 e. The maximum Gasteiger partial charge on any atom is 0.327 e. The van der Waals surface area contributed by atoms with E-state index in [9.17, 15) is 23.5 Å². The second-order valence-electron chi connectivity index (χ2n) is 7.48. The zero-order valence-electron chi connectivity index (χ0n) is 17.6. The van der Waals surface area contributed by atoms with E-state index in [1.54, 1.807) is 0 Å². The fourth-order valence-electron chi connectivity index (χ4n) is 3.18. The van der Waals surface area contributed by atoms with Crippen LogP contribution in [0.3, 0.4) is 0 Å². The first-order valence-corrected chi connectivity index (χ1v) is 10.3. The van der Waals surface area contributed by atoms with Gasteiger partial charge in [0.05, 0.1) is 19.3 Å². The Kier molecular flexibility index (Phi) is 10.9. The number of amides is 1. The van der Waals surface area contributed by atoms with Gasteiger partial charge in [-0.15, -0.1) is 11.8 Å². The van der Waals surface area contributed by atoms with E-state index in [0.717, 1.165) is 19.3 Å².